The zero-order chi connectivity index (χ0) is 17.1. The van der Waals surface area contributed by atoms with Crippen molar-refractivity contribution in [3.8, 4) is 0 Å². The van der Waals surface area contributed by atoms with Gasteiger partial charge in [-0.15, -0.1) is 12.4 Å². The van der Waals surface area contributed by atoms with Crippen molar-refractivity contribution in [2.24, 2.45) is 11.7 Å². The topological polar surface area (TPSA) is 102 Å². The van der Waals surface area contributed by atoms with Crippen molar-refractivity contribution in [2.45, 2.75) is 18.9 Å². The van der Waals surface area contributed by atoms with Gasteiger partial charge >= 0.3 is 0 Å². The maximum Gasteiger partial charge on any atom is 0.261 e. The molecule has 8 heteroatoms. The molecule has 3 N–H and O–H groups in total. The van der Waals surface area contributed by atoms with E-state index in [1.165, 1.54) is 0 Å². The Hall–Kier alpha value is -1.96. The van der Waals surface area contributed by atoms with E-state index in [1.54, 1.807) is 24.3 Å². The smallest absolute Gasteiger partial charge is 0.261 e. The molecule has 3 rings (SSSR count). The number of halogens is 1. The highest BCUT2D eigenvalue weighted by Gasteiger charge is 2.35. The standard InChI is InChI=1S/C17H21N3O4.ClH/c18-14(11-5-9-24-10-6-11)15(21)19-7-8-20-16(22)12-3-1-2-4-13(12)17(20)23;/h1-4,11,14H,5-10,18H2,(H,19,21);1H. The second kappa shape index (κ2) is 8.42. The molecule has 2 aliphatic heterocycles. The SMILES string of the molecule is Cl.NC(C(=O)NCCN1C(=O)c2ccccc2C1=O)C1CCOCC1. The fraction of sp³-hybridized carbons (Fsp3) is 0.471. The first-order valence-electron chi connectivity index (χ1n) is 8.16. The minimum Gasteiger partial charge on any atom is -0.381 e. The van der Waals surface area contributed by atoms with Gasteiger partial charge in [-0.2, -0.15) is 0 Å². The molecule has 1 aromatic rings. The minimum absolute atomic E-state index is 0. The number of carbonyl (C=O) groups excluding carboxylic acids is 3. The molecule has 0 radical (unpaired) electrons. The highest BCUT2D eigenvalue weighted by Crippen LogP contribution is 2.22. The fourth-order valence-corrected chi connectivity index (χ4v) is 3.14. The summed E-state index contributed by atoms with van der Waals surface area (Å²) in [7, 11) is 0. The summed E-state index contributed by atoms with van der Waals surface area (Å²) in [4.78, 5) is 37.7. The van der Waals surface area contributed by atoms with Crippen molar-refractivity contribution in [1.82, 2.24) is 10.2 Å². The number of hydrogen-bond donors (Lipinski definition) is 2. The summed E-state index contributed by atoms with van der Waals surface area (Å²) in [5, 5.41) is 2.72. The highest BCUT2D eigenvalue weighted by atomic mass is 35.5. The van der Waals surface area contributed by atoms with Gasteiger partial charge in [0.05, 0.1) is 17.2 Å². The van der Waals surface area contributed by atoms with Crippen LogP contribution in [0.2, 0.25) is 0 Å². The van der Waals surface area contributed by atoms with E-state index in [9.17, 15) is 14.4 Å². The van der Waals surface area contributed by atoms with E-state index in [4.69, 9.17) is 10.5 Å². The second-order valence-electron chi connectivity index (χ2n) is 6.07. The van der Waals surface area contributed by atoms with Gasteiger partial charge < -0.3 is 15.8 Å². The summed E-state index contributed by atoms with van der Waals surface area (Å²) in [5.41, 5.74) is 6.81. The van der Waals surface area contributed by atoms with Crippen LogP contribution in [0.1, 0.15) is 33.6 Å². The molecular formula is C17H22ClN3O4. The van der Waals surface area contributed by atoms with Crippen LogP contribution in [0.3, 0.4) is 0 Å². The monoisotopic (exact) mass is 367 g/mol. The van der Waals surface area contributed by atoms with E-state index in [1.807, 2.05) is 0 Å². The molecule has 0 aliphatic carbocycles. The first-order chi connectivity index (χ1) is 11.6. The molecule has 1 unspecified atom stereocenters. The van der Waals surface area contributed by atoms with E-state index in [2.05, 4.69) is 5.32 Å². The van der Waals surface area contributed by atoms with Crippen molar-refractivity contribution in [2.75, 3.05) is 26.3 Å². The number of nitrogens with one attached hydrogen (secondary N) is 1. The van der Waals surface area contributed by atoms with E-state index >= 15 is 0 Å². The molecule has 1 fully saturated rings. The Kier molecular flexibility index (Phi) is 6.52. The zero-order valence-electron chi connectivity index (χ0n) is 13.8. The summed E-state index contributed by atoms with van der Waals surface area (Å²) in [5.74, 6) is -0.784. The number of imide groups is 1. The van der Waals surface area contributed by atoms with Crippen LogP contribution in [0.15, 0.2) is 24.3 Å². The maximum absolute atomic E-state index is 12.2. The van der Waals surface area contributed by atoms with Crippen molar-refractivity contribution < 1.29 is 19.1 Å². The number of amides is 3. The average molecular weight is 368 g/mol. The molecule has 2 heterocycles. The van der Waals surface area contributed by atoms with Gasteiger partial charge in [0.2, 0.25) is 5.91 Å². The van der Waals surface area contributed by atoms with Crippen molar-refractivity contribution in [1.29, 1.82) is 0 Å². The summed E-state index contributed by atoms with van der Waals surface area (Å²) in [6.45, 7) is 1.58. The van der Waals surface area contributed by atoms with Gasteiger partial charge in [-0.05, 0) is 30.9 Å². The van der Waals surface area contributed by atoms with Gasteiger partial charge in [0.15, 0.2) is 0 Å². The van der Waals surface area contributed by atoms with Crippen LogP contribution in [0.5, 0.6) is 0 Å². The molecule has 3 amide bonds. The number of carbonyl (C=O) groups is 3. The number of hydrogen-bond acceptors (Lipinski definition) is 5. The largest absolute Gasteiger partial charge is 0.381 e. The molecule has 1 saturated heterocycles. The molecule has 1 atom stereocenters. The molecule has 0 spiro atoms. The zero-order valence-corrected chi connectivity index (χ0v) is 14.6. The Bertz CT molecular complexity index is 626. The third-order valence-electron chi connectivity index (χ3n) is 4.59. The Labute approximate surface area is 152 Å². The number of ether oxygens (including phenoxy) is 1. The number of rotatable bonds is 5. The van der Waals surface area contributed by atoms with Crippen LogP contribution in [-0.4, -0.2) is 55.0 Å². The summed E-state index contributed by atoms with van der Waals surface area (Å²) in [6, 6.07) is 6.13. The van der Waals surface area contributed by atoms with E-state index < -0.39 is 6.04 Å². The Morgan fingerprint density at radius 3 is 2.32 bits per heavy atom. The van der Waals surface area contributed by atoms with E-state index in [0.29, 0.717) is 24.3 Å². The van der Waals surface area contributed by atoms with Crippen LogP contribution in [-0.2, 0) is 9.53 Å². The van der Waals surface area contributed by atoms with Crippen molar-refractivity contribution in [3.05, 3.63) is 35.4 Å². The normalized spacial score (nSPS) is 18.5. The molecule has 0 aromatic heterocycles. The van der Waals surface area contributed by atoms with E-state index in [0.717, 1.165) is 17.7 Å². The van der Waals surface area contributed by atoms with Gasteiger partial charge in [0, 0.05) is 26.3 Å². The molecule has 136 valence electrons. The summed E-state index contributed by atoms with van der Waals surface area (Å²) < 4.78 is 5.26. The Morgan fingerprint density at radius 2 is 1.76 bits per heavy atom. The highest BCUT2D eigenvalue weighted by molar-refractivity contribution is 6.21. The lowest BCUT2D eigenvalue weighted by Crippen LogP contribution is -2.49. The number of nitrogens with two attached hydrogens (primary N) is 1. The van der Waals surface area contributed by atoms with Gasteiger partial charge in [-0.3, -0.25) is 19.3 Å². The molecule has 25 heavy (non-hydrogen) atoms. The first-order valence-corrected chi connectivity index (χ1v) is 8.16. The molecule has 1 aromatic carbocycles. The lowest BCUT2D eigenvalue weighted by atomic mass is 9.92. The van der Waals surface area contributed by atoms with Crippen LogP contribution in [0, 0.1) is 5.92 Å². The third kappa shape index (κ3) is 4.00. The predicted octanol–water partition coefficient (Wildman–Crippen LogP) is 0.574. The van der Waals surface area contributed by atoms with Crippen LogP contribution in [0.4, 0.5) is 0 Å². The van der Waals surface area contributed by atoms with Crippen molar-refractivity contribution >= 4 is 30.1 Å². The fourth-order valence-electron chi connectivity index (χ4n) is 3.14. The first kappa shape index (κ1) is 19.4. The lowest BCUT2D eigenvalue weighted by Gasteiger charge is -2.27. The Balaban J connectivity index is 0.00000225. The second-order valence-corrected chi connectivity index (χ2v) is 6.07. The third-order valence-corrected chi connectivity index (χ3v) is 4.59. The van der Waals surface area contributed by atoms with Gasteiger partial charge in [0.25, 0.3) is 11.8 Å². The van der Waals surface area contributed by atoms with Crippen LogP contribution in [0.25, 0.3) is 0 Å². The minimum atomic E-state index is -0.587. The van der Waals surface area contributed by atoms with Crippen LogP contribution < -0.4 is 11.1 Å². The quantitative estimate of drug-likeness (QED) is 0.741. The maximum atomic E-state index is 12.2. The van der Waals surface area contributed by atoms with Gasteiger partial charge in [-0.25, -0.2) is 0 Å². The van der Waals surface area contributed by atoms with Gasteiger partial charge in [0.1, 0.15) is 0 Å². The number of benzene rings is 1. The molecule has 0 saturated carbocycles. The lowest BCUT2D eigenvalue weighted by molar-refractivity contribution is -0.124. The summed E-state index contributed by atoms with van der Waals surface area (Å²) >= 11 is 0. The Morgan fingerprint density at radius 1 is 1.20 bits per heavy atom. The molecule has 0 bridgehead atoms. The average Bonchev–Trinajstić information content (AvgIpc) is 2.87. The van der Waals surface area contributed by atoms with Gasteiger partial charge in [-0.1, -0.05) is 12.1 Å². The molecule has 2 aliphatic rings. The molecular weight excluding hydrogens is 346 g/mol. The van der Waals surface area contributed by atoms with Crippen LogP contribution >= 0.6 is 12.4 Å². The van der Waals surface area contributed by atoms with E-state index in [-0.39, 0.29) is 49.1 Å². The summed E-state index contributed by atoms with van der Waals surface area (Å²) in [6.07, 6.45) is 1.54. The predicted molar refractivity (Wildman–Crippen MR) is 93.6 cm³/mol. The molecule has 7 nitrogen and oxygen atoms in total. The number of nitrogens with zero attached hydrogens (tertiary/aromatic N) is 1. The van der Waals surface area contributed by atoms with Crippen molar-refractivity contribution in [3.63, 3.8) is 0 Å². The number of fused-ring (bicyclic) bond motifs is 1.